The molecule has 3 aromatic rings. The second kappa shape index (κ2) is 8.14. The molecule has 0 saturated carbocycles. The van der Waals surface area contributed by atoms with E-state index in [0.29, 0.717) is 17.0 Å². The van der Waals surface area contributed by atoms with Crippen LogP contribution in [0.5, 0.6) is 0 Å². The lowest BCUT2D eigenvalue weighted by molar-refractivity contribution is -0.115. The van der Waals surface area contributed by atoms with Gasteiger partial charge in [0.25, 0.3) is 5.22 Å². The Hall–Kier alpha value is -2.67. The second-order valence-electron chi connectivity index (χ2n) is 6.14. The summed E-state index contributed by atoms with van der Waals surface area (Å²) in [4.78, 5) is 16.4. The van der Waals surface area contributed by atoms with Gasteiger partial charge in [0.1, 0.15) is 0 Å². The van der Waals surface area contributed by atoms with E-state index in [0.717, 1.165) is 11.3 Å². The van der Waals surface area contributed by atoms with Gasteiger partial charge in [-0.15, -0.1) is 10.2 Å². The van der Waals surface area contributed by atoms with Crippen molar-refractivity contribution in [3.8, 4) is 11.5 Å². The van der Waals surface area contributed by atoms with Crippen molar-refractivity contribution in [2.45, 2.75) is 37.2 Å². The van der Waals surface area contributed by atoms with Crippen LogP contribution in [0.15, 0.2) is 58.4 Å². The van der Waals surface area contributed by atoms with Gasteiger partial charge < -0.3 is 9.73 Å². The first kappa shape index (κ1) is 18.1. The van der Waals surface area contributed by atoms with Crippen LogP contribution in [-0.2, 0) is 4.79 Å². The highest BCUT2D eigenvalue weighted by Gasteiger charge is 2.19. The van der Waals surface area contributed by atoms with Crippen molar-refractivity contribution in [2.75, 3.05) is 5.32 Å². The maximum absolute atomic E-state index is 12.4. The normalized spacial score (nSPS) is 12.2. The largest absolute Gasteiger partial charge is 0.411 e. The van der Waals surface area contributed by atoms with Crippen molar-refractivity contribution in [3.05, 3.63) is 54.4 Å². The van der Waals surface area contributed by atoms with Crippen LogP contribution in [0.25, 0.3) is 11.5 Å². The van der Waals surface area contributed by atoms with E-state index < -0.39 is 0 Å². The Morgan fingerprint density at radius 1 is 1.12 bits per heavy atom. The average molecular weight is 368 g/mol. The zero-order valence-corrected chi connectivity index (χ0v) is 15.7. The predicted molar refractivity (Wildman–Crippen MR) is 102 cm³/mol. The smallest absolute Gasteiger partial charge is 0.277 e. The molecule has 6 nitrogen and oxygen atoms in total. The van der Waals surface area contributed by atoms with Crippen LogP contribution in [0.1, 0.15) is 32.3 Å². The molecule has 0 spiro atoms. The van der Waals surface area contributed by atoms with E-state index in [9.17, 15) is 4.79 Å². The first-order chi connectivity index (χ1) is 12.5. The number of rotatable bonds is 6. The molecule has 7 heteroatoms. The van der Waals surface area contributed by atoms with Crippen molar-refractivity contribution in [2.24, 2.45) is 0 Å². The van der Waals surface area contributed by atoms with E-state index in [4.69, 9.17) is 4.42 Å². The van der Waals surface area contributed by atoms with Gasteiger partial charge in [0.2, 0.25) is 11.8 Å². The summed E-state index contributed by atoms with van der Waals surface area (Å²) in [6.07, 6.45) is 3.33. The molecule has 0 fully saturated rings. The van der Waals surface area contributed by atoms with Crippen LogP contribution in [0, 0.1) is 0 Å². The fraction of sp³-hybridized carbons (Fsp3) is 0.263. The van der Waals surface area contributed by atoms with E-state index in [2.05, 4.69) is 34.3 Å². The van der Waals surface area contributed by atoms with Crippen LogP contribution in [0.4, 0.5) is 5.69 Å². The Balaban J connectivity index is 1.60. The number of anilines is 1. The third kappa shape index (κ3) is 4.49. The Labute approximate surface area is 156 Å². The van der Waals surface area contributed by atoms with Gasteiger partial charge in [-0.1, -0.05) is 37.7 Å². The monoisotopic (exact) mass is 368 g/mol. The van der Waals surface area contributed by atoms with Crippen molar-refractivity contribution in [1.29, 1.82) is 0 Å². The molecule has 0 saturated heterocycles. The number of nitrogens with one attached hydrogen (secondary N) is 1. The first-order valence-corrected chi connectivity index (χ1v) is 9.22. The Kier molecular flexibility index (Phi) is 5.68. The minimum Gasteiger partial charge on any atom is -0.411 e. The number of thioether (sulfide) groups is 1. The molecule has 1 aromatic carbocycles. The van der Waals surface area contributed by atoms with Crippen LogP contribution < -0.4 is 5.32 Å². The Morgan fingerprint density at radius 3 is 2.54 bits per heavy atom. The molecule has 2 aromatic heterocycles. The highest BCUT2D eigenvalue weighted by Crippen LogP contribution is 2.26. The summed E-state index contributed by atoms with van der Waals surface area (Å²) in [5, 5.41) is 10.9. The van der Waals surface area contributed by atoms with Crippen LogP contribution in [0.3, 0.4) is 0 Å². The van der Waals surface area contributed by atoms with Gasteiger partial charge in [-0.25, -0.2) is 0 Å². The van der Waals surface area contributed by atoms with E-state index in [1.54, 1.807) is 25.4 Å². The molecule has 1 atom stereocenters. The van der Waals surface area contributed by atoms with Gasteiger partial charge in [-0.2, -0.15) is 0 Å². The average Bonchev–Trinajstić information content (AvgIpc) is 3.11. The predicted octanol–water partition coefficient (Wildman–Crippen LogP) is 4.37. The fourth-order valence-electron chi connectivity index (χ4n) is 2.26. The van der Waals surface area contributed by atoms with Gasteiger partial charge in [-0.05, 0) is 42.7 Å². The van der Waals surface area contributed by atoms with Crippen molar-refractivity contribution in [1.82, 2.24) is 15.2 Å². The molecule has 0 aliphatic heterocycles. The highest BCUT2D eigenvalue weighted by molar-refractivity contribution is 8.00. The maximum Gasteiger partial charge on any atom is 0.277 e. The fourth-order valence-corrected chi connectivity index (χ4v) is 2.95. The summed E-state index contributed by atoms with van der Waals surface area (Å²) in [7, 11) is 0. The summed E-state index contributed by atoms with van der Waals surface area (Å²) in [5.41, 5.74) is 2.75. The van der Waals surface area contributed by atoms with E-state index in [1.165, 1.54) is 17.3 Å². The first-order valence-electron chi connectivity index (χ1n) is 8.34. The number of aromatic nitrogens is 3. The quantitative estimate of drug-likeness (QED) is 0.651. The number of carbonyl (C=O) groups is 1. The molecule has 1 amide bonds. The molecule has 0 unspecified atom stereocenters. The van der Waals surface area contributed by atoms with Crippen LogP contribution in [0.2, 0.25) is 0 Å². The molecule has 0 aliphatic carbocycles. The van der Waals surface area contributed by atoms with Crippen molar-refractivity contribution in [3.63, 3.8) is 0 Å². The van der Waals surface area contributed by atoms with Gasteiger partial charge >= 0.3 is 0 Å². The van der Waals surface area contributed by atoms with Crippen LogP contribution >= 0.6 is 11.8 Å². The van der Waals surface area contributed by atoms with Crippen LogP contribution in [-0.4, -0.2) is 26.3 Å². The number of nitrogens with zero attached hydrogens (tertiary/aromatic N) is 3. The molecular formula is C19H20N4O2S. The zero-order chi connectivity index (χ0) is 18.5. The third-order valence-electron chi connectivity index (χ3n) is 3.81. The lowest BCUT2D eigenvalue weighted by atomic mass is 10.0. The molecule has 26 heavy (non-hydrogen) atoms. The second-order valence-corrected chi connectivity index (χ2v) is 7.43. The topological polar surface area (TPSA) is 80.9 Å². The van der Waals surface area contributed by atoms with E-state index in [-0.39, 0.29) is 11.2 Å². The lowest BCUT2D eigenvalue weighted by Crippen LogP contribution is -2.22. The molecule has 0 radical (unpaired) electrons. The third-order valence-corrected chi connectivity index (χ3v) is 4.74. The molecule has 2 heterocycles. The maximum atomic E-state index is 12.4. The summed E-state index contributed by atoms with van der Waals surface area (Å²) in [5.74, 6) is 0.728. The zero-order valence-electron chi connectivity index (χ0n) is 14.8. The molecule has 1 N–H and O–H groups in total. The Morgan fingerprint density at radius 2 is 1.88 bits per heavy atom. The highest BCUT2D eigenvalue weighted by atomic mass is 32.2. The van der Waals surface area contributed by atoms with E-state index in [1.807, 2.05) is 30.3 Å². The summed E-state index contributed by atoms with van der Waals surface area (Å²) < 4.78 is 5.60. The van der Waals surface area contributed by atoms with E-state index >= 15 is 0 Å². The van der Waals surface area contributed by atoms with Crippen molar-refractivity contribution < 1.29 is 9.21 Å². The van der Waals surface area contributed by atoms with Gasteiger partial charge in [0.15, 0.2) is 0 Å². The van der Waals surface area contributed by atoms with Gasteiger partial charge in [0, 0.05) is 18.1 Å². The molecule has 134 valence electrons. The number of amides is 1. The standard InChI is InChI=1S/C19H20N4O2S/c1-12(2)14-6-8-16(9-7-14)21-17(24)13(3)26-19-23-22-18(25-19)15-5-4-10-20-11-15/h4-13H,1-3H3,(H,21,24)/t13-/m0/s1. The number of carbonyl (C=O) groups excluding carboxylic acids is 1. The molecule has 3 rings (SSSR count). The Bertz CT molecular complexity index is 863. The molecular weight excluding hydrogens is 348 g/mol. The minimum absolute atomic E-state index is 0.117. The molecule has 0 bridgehead atoms. The minimum atomic E-state index is -0.373. The number of benzene rings is 1. The summed E-state index contributed by atoms with van der Waals surface area (Å²) in [6.45, 7) is 6.07. The van der Waals surface area contributed by atoms with Gasteiger partial charge in [-0.3, -0.25) is 9.78 Å². The number of pyridine rings is 1. The number of hydrogen-bond donors (Lipinski definition) is 1. The summed E-state index contributed by atoms with van der Waals surface area (Å²) in [6, 6.07) is 11.5. The SMILES string of the molecule is CC(C)c1ccc(NC(=O)[C@H](C)Sc2nnc(-c3cccnc3)o2)cc1. The molecule has 0 aliphatic rings. The van der Waals surface area contributed by atoms with Crippen molar-refractivity contribution >= 4 is 23.4 Å². The summed E-state index contributed by atoms with van der Waals surface area (Å²) >= 11 is 1.22. The lowest BCUT2D eigenvalue weighted by Gasteiger charge is -2.11. The number of hydrogen-bond acceptors (Lipinski definition) is 6. The van der Waals surface area contributed by atoms with Gasteiger partial charge in [0.05, 0.1) is 10.8 Å².